The highest BCUT2D eigenvalue weighted by atomic mass is 32.2. The maximum atomic E-state index is 4.85. The number of rotatable bonds is 6. The fraction of sp³-hybridized carbons (Fsp3) is 0.145. The quantitative estimate of drug-likeness (QED) is 0.155. The number of allylic oxidation sites excluding steroid dienone is 6. The molecule has 2 heterocycles. The fourth-order valence-corrected chi connectivity index (χ4v) is 9.66. The third kappa shape index (κ3) is 10.2. The molecule has 0 aliphatic heterocycles. The second kappa shape index (κ2) is 20.9. The Morgan fingerprint density at radius 1 is 0.644 bits per heavy atom. The molecule has 0 saturated heterocycles. The molecule has 1 nitrogen and oxygen atoms in total. The lowest BCUT2D eigenvalue weighted by Crippen LogP contribution is -1.89. The van der Waals surface area contributed by atoms with Gasteiger partial charge in [0, 0.05) is 25.6 Å². The highest BCUT2D eigenvalue weighted by molar-refractivity contribution is 8.02. The average Bonchev–Trinajstić information content (AvgIpc) is 3.80. The molecule has 59 heavy (non-hydrogen) atoms. The average molecular weight is 824 g/mol. The number of hydrogen-bond acceptors (Lipinski definition) is 4. The maximum Gasteiger partial charge on any atom is 0.0896 e. The molecule has 0 radical (unpaired) electrons. The van der Waals surface area contributed by atoms with E-state index in [0.29, 0.717) is 0 Å². The lowest BCUT2D eigenvalue weighted by Gasteiger charge is -2.12. The Labute approximate surface area is 364 Å². The minimum atomic E-state index is 0.946. The monoisotopic (exact) mass is 823 g/mol. The first-order valence-electron chi connectivity index (χ1n) is 20.3. The second-order valence-electron chi connectivity index (χ2n) is 14.0. The summed E-state index contributed by atoms with van der Waals surface area (Å²) in [5.74, 6) is 0. The van der Waals surface area contributed by atoms with Crippen LogP contribution in [0.5, 0.6) is 0 Å². The van der Waals surface area contributed by atoms with E-state index in [1.807, 2.05) is 67.6 Å². The molecule has 4 heteroatoms. The number of nitrogens with zero attached hydrogens (tertiary/aromatic N) is 1. The van der Waals surface area contributed by atoms with Crippen LogP contribution in [-0.2, 0) is 0 Å². The summed E-state index contributed by atoms with van der Waals surface area (Å²) >= 11 is 5.41. The van der Waals surface area contributed by atoms with E-state index in [-0.39, 0.29) is 0 Å². The van der Waals surface area contributed by atoms with E-state index in [1.54, 1.807) is 17.4 Å². The van der Waals surface area contributed by atoms with Gasteiger partial charge in [0.05, 0.1) is 15.7 Å². The molecule has 0 N–H and O–H groups in total. The standard InChI is InChI=1S/C43H33NS3.C7H8.C3H6.C2H6/c1-27-28(2)47-41-23-20-34(25-39(27)41)30-12-16-31(17-13-30)37-21-22-38(43-42(37)44-26-46-43)32-18-14-29(15-19-32)33-8-7-9-35(24-33)36-10-5-4-6-11-40(36)45-3;1-7-5-3-2-4-6-7;1-3-2;1-2/h4-9,11-26H,10H2,1-3H3;2-6H,1H3;3H,1H2,2H3;1-2H3. The van der Waals surface area contributed by atoms with Crippen molar-refractivity contribution in [1.29, 1.82) is 0 Å². The zero-order chi connectivity index (χ0) is 41.7. The van der Waals surface area contributed by atoms with Gasteiger partial charge in [-0.2, -0.15) is 0 Å². The number of thiophene rings is 1. The Balaban J connectivity index is 0.000000429. The summed E-state index contributed by atoms with van der Waals surface area (Å²) in [5, 5.41) is 1.36. The molecule has 296 valence electrons. The van der Waals surface area contributed by atoms with Crippen LogP contribution in [0.15, 0.2) is 181 Å². The number of aromatic nitrogens is 1. The van der Waals surface area contributed by atoms with Crippen LogP contribution in [0.25, 0.3) is 70.4 Å². The summed E-state index contributed by atoms with van der Waals surface area (Å²) in [6.45, 7) is 15.8. The van der Waals surface area contributed by atoms with Crippen LogP contribution in [0.1, 0.15) is 48.8 Å². The van der Waals surface area contributed by atoms with Crippen molar-refractivity contribution in [1.82, 2.24) is 4.98 Å². The van der Waals surface area contributed by atoms with E-state index in [1.165, 1.54) is 91.3 Å². The molecule has 0 bridgehead atoms. The van der Waals surface area contributed by atoms with Gasteiger partial charge in [-0.25, -0.2) is 4.98 Å². The largest absolute Gasteiger partial charge is 0.244 e. The first kappa shape index (κ1) is 43.1. The van der Waals surface area contributed by atoms with E-state index >= 15 is 0 Å². The van der Waals surface area contributed by atoms with Gasteiger partial charge in [0.2, 0.25) is 0 Å². The van der Waals surface area contributed by atoms with Crippen molar-refractivity contribution in [2.75, 3.05) is 6.26 Å². The van der Waals surface area contributed by atoms with Crippen LogP contribution in [0.3, 0.4) is 0 Å². The number of aryl methyl sites for hydroxylation is 3. The van der Waals surface area contributed by atoms with Gasteiger partial charge in [0.25, 0.3) is 0 Å². The predicted octanol–water partition coefficient (Wildman–Crippen LogP) is 17.6. The fourth-order valence-electron chi connectivity index (χ4n) is 7.10. The van der Waals surface area contributed by atoms with Gasteiger partial charge in [-0.1, -0.05) is 159 Å². The summed E-state index contributed by atoms with van der Waals surface area (Å²) in [7, 11) is 0. The van der Waals surface area contributed by atoms with Gasteiger partial charge >= 0.3 is 0 Å². The van der Waals surface area contributed by atoms with Crippen LogP contribution in [-0.4, -0.2) is 11.2 Å². The number of benzene rings is 6. The van der Waals surface area contributed by atoms with E-state index in [9.17, 15) is 0 Å². The Bertz CT molecular complexity index is 2720. The molecule has 8 aromatic rings. The zero-order valence-electron chi connectivity index (χ0n) is 35.3. The minimum absolute atomic E-state index is 0.946. The van der Waals surface area contributed by atoms with Crippen LogP contribution in [0.4, 0.5) is 0 Å². The van der Waals surface area contributed by atoms with Gasteiger partial charge in [0.1, 0.15) is 0 Å². The molecule has 0 atom stereocenters. The highest BCUT2D eigenvalue weighted by Crippen LogP contribution is 2.40. The lowest BCUT2D eigenvalue weighted by molar-refractivity contribution is 1.39. The molecule has 0 unspecified atom stereocenters. The predicted molar refractivity (Wildman–Crippen MR) is 268 cm³/mol. The van der Waals surface area contributed by atoms with Crippen LogP contribution >= 0.6 is 34.4 Å². The van der Waals surface area contributed by atoms with Crippen molar-refractivity contribution in [2.24, 2.45) is 0 Å². The molecule has 0 spiro atoms. The molecular formula is C55H53NS3. The second-order valence-corrected chi connectivity index (χ2v) is 17.0. The SMILES string of the molecule is C=CC.CC.CSC1=C(c2cccc(-c3ccc(-c4ccc(-c5ccc(-c6ccc7sc(C)c(C)c7c6)cc5)c5ncsc45)cc3)c2)CC=CC=C1.Cc1ccccc1. The molecule has 0 saturated carbocycles. The summed E-state index contributed by atoms with van der Waals surface area (Å²) < 4.78 is 2.58. The van der Waals surface area contributed by atoms with Gasteiger partial charge in [0.15, 0.2) is 0 Å². The van der Waals surface area contributed by atoms with Gasteiger partial charge < -0.3 is 0 Å². The zero-order valence-corrected chi connectivity index (χ0v) is 37.7. The molecule has 1 aliphatic rings. The van der Waals surface area contributed by atoms with Crippen molar-refractivity contribution in [3.8, 4) is 44.5 Å². The Kier molecular flexibility index (Phi) is 15.3. The molecule has 0 fully saturated rings. The summed E-state index contributed by atoms with van der Waals surface area (Å²) in [6, 6.07) is 48.5. The smallest absolute Gasteiger partial charge is 0.0896 e. The third-order valence-electron chi connectivity index (χ3n) is 10.2. The number of fused-ring (bicyclic) bond motifs is 2. The molecular weight excluding hydrogens is 771 g/mol. The van der Waals surface area contributed by atoms with E-state index in [4.69, 9.17) is 4.98 Å². The molecule has 2 aromatic heterocycles. The van der Waals surface area contributed by atoms with Gasteiger partial charge in [-0.05, 0) is 120 Å². The van der Waals surface area contributed by atoms with Crippen molar-refractivity contribution in [2.45, 2.75) is 48.0 Å². The Morgan fingerprint density at radius 2 is 1.24 bits per heavy atom. The van der Waals surface area contributed by atoms with E-state index in [0.717, 1.165) is 11.9 Å². The number of thioether (sulfide) groups is 1. The molecule has 9 rings (SSSR count). The number of hydrogen-bond donors (Lipinski definition) is 0. The van der Waals surface area contributed by atoms with Crippen LogP contribution in [0, 0.1) is 20.8 Å². The van der Waals surface area contributed by atoms with Crippen molar-refractivity contribution in [3.05, 3.63) is 202 Å². The number of thiazole rings is 1. The topological polar surface area (TPSA) is 12.9 Å². The normalized spacial score (nSPS) is 11.8. The highest BCUT2D eigenvalue weighted by Gasteiger charge is 2.14. The lowest BCUT2D eigenvalue weighted by atomic mass is 9.94. The first-order chi connectivity index (χ1) is 28.9. The van der Waals surface area contributed by atoms with Crippen molar-refractivity contribution < 1.29 is 0 Å². The van der Waals surface area contributed by atoms with Crippen molar-refractivity contribution in [3.63, 3.8) is 0 Å². The van der Waals surface area contributed by atoms with E-state index < -0.39 is 0 Å². The Morgan fingerprint density at radius 3 is 1.88 bits per heavy atom. The van der Waals surface area contributed by atoms with Gasteiger partial charge in [-0.15, -0.1) is 41.0 Å². The molecule has 0 amide bonds. The molecule has 6 aromatic carbocycles. The summed E-state index contributed by atoms with van der Waals surface area (Å²) in [4.78, 5) is 7.58. The maximum absolute atomic E-state index is 4.85. The first-order valence-corrected chi connectivity index (χ1v) is 23.2. The minimum Gasteiger partial charge on any atom is -0.244 e. The summed E-state index contributed by atoms with van der Waals surface area (Å²) in [6.07, 6.45) is 13.6. The third-order valence-corrected chi connectivity index (χ3v) is 13.1. The Hall–Kier alpha value is -5.52. The van der Waals surface area contributed by atoms with Crippen LogP contribution < -0.4 is 0 Å². The van der Waals surface area contributed by atoms with Gasteiger partial charge in [-0.3, -0.25) is 0 Å². The van der Waals surface area contributed by atoms with Crippen LogP contribution in [0.2, 0.25) is 0 Å². The van der Waals surface area contributed by atoms with Crippen molar-refractivity contribution >= 4 is 60.3 Å². The molecule has 1 aliphatic carbocycles. The summed E-state index contributed by atoms with van der Waals surface area (Å²) in [5.41, 5.74) is 18.2. The van der Waals surface area contributed by atoms with E-state index in [2.05, 4.69) is 173 Å².